The van der Waals surface area contributed by atoms with E-state index < -0.39 is 5.60 Å². The minimum absolute atomic E-state index is 0.00127. The number of ketones is 1. The maximum Gasteiger partial charge on any atom is 0.303 e. The molecule has 30 heavy (non-hydrogen) atoms. The molecule has 0 aromatic rings. The lowest BCUT2D eigenvalue weighted by Gasteiger charge is -2.35. The molecule has 0 saturated carbocycles. The normalized spacial score (nSPS) is 25.0. The summed E-state index contributed by atoms with van der Waals surface area (Å²) in [6.45, 7) is 11.7. The third kappa shape index (κ3) is 9.88. The molecule has 0 aromatic heterocycles. The molecular weight excluding hydrogens is 384 g/mol. The highest BCUT2D eigenvalue weighted by Gasteiger charge is 2.40. The number of esters is 2. The number of carbonyl (C=O) groups is 3. The van der Waals surface area contributed by atoms with Gasteiger partial charge in [0.25, 0.3) is 0 Å². The molecule has 2 unspecified atom stereocenters. The van der Waals surface area contributed by atoms with E-state index in [9.17, 15) is 14.4 Å². The third-order valence-corrected chi connectivity index (χ3v) is 5.88. The van der Waals surface area contributed by atoms with Crippen molar-refractivity contribution in [3.8, 4) is 0 Å². The van der Waals surface area contributed by atoms with Crippen molar-refractivity contribution in [3.05, 3.63) is 11.6 Å². The fourth-order valence-corrected chi connectivity index (χ4v) is 3.82. The fraction of sp³-hybridized carbons (Fsp3) is 0.792. The molecule has 1 aliphatic rings. The molecule has 0 radical (unpaired) electrons. The summed E-state index contributed by atoms with van der Waals surface area (Å²) in [6, 6.07) is 0. The van der Waals surface area contributed by atoms with Crippen LogP contribution >= 0.6 is 0 Å². The van der Waals surface area contributed by atoms with Gasteiger partial charge in [-0.05, 0) is 65.2 Å². The lowest BCUT2D eigenvalue weighted by atomic mass is 9.87. The van der Waals surface area contributed by atoms with Gasteiger partial charge in [0, 0.05) is 26.2 Å². The van der Waals surface area contributed by atoms with Crippen molar-refractivity contribution in [2.75, 3.05) is 13.2 Å². The summed E-state index contributed by atoms with van der Waals surface area (Å²) in [5.41, 5.74) is 0.576. The summed E-state index contributed by atoms with van der Waals surface area (Å²) >= 11 is 0. The van der Waals surface area contributed by atoms with Crippen molar-refractivity contribution in [3.63, 3.8) is 0 Å². The first-order chi connectivity index (χ1) is 14.0. The average Bonchev–Trinajstić information content (AvgIpc) is 2.79. The van der Waals surface area contributed by atoms with Crippen LogP contribution in [0.2, 0.25) is 0 Å². The number of hydrogen-bond donors (Lipinski definition) is 0. The molecule has 0 aromatic carbocycles. The number of hydrogen-bond acceptors (Lipinski definition) is 6. The van der Waals surface area contributed by atoms with E-state index in [-0.39, 0.29) is 35.7 Å². The number of allylic oxidation sites excluding steroid dienone is 2. The second kappa shape index (κ2) is 12.9. The Morgan fingerprint density at radius 1 is 1.13 bits per heavy atom. The van der Waals surface area contributed by atoms with Crippen molar-refractivity contribution in [1.82, 2.24) is 0 Å². The maximum atomic E-state index is 12.3. The highest BCUT2D eigenvalue weighted by atomic mass is 16.6. The quantitative estimate of drug-likeness (QED) is 0.350. The van der Waals surface area contributed by atoms with E-state index in [0.717, 1.165) is 44.1 Å². The highest BCUT2D eigenvalue weighted by Crippen LogP contribution is 2.35. The minimum atomic E-state index is -0.579. The summed E-state index contributed by atoms with van der Waals surface area (Å²) < 4.78 is 17.0. The molecule has 172 valence electrons. The van der Waals surface area contributed by atoms with Crippen LogP contribution in [0.1, 0.15) is 86.5 Å². The molecule has 0 N–H and O–H groups in total. The van der Waals surface area contributed by atoms with Gasteiger partial charge in [0.15, 0.2) is 0 Å². The van der Waals surface area contributed by atoms with Crippen LogP contribution in [0.4, 0.5) is 0 Å². The van der Waals surface area contributed by atoms with Crippen LogP contribution in [-0.4, -0.2) is 42.6 Å². The SMILES string of the molecule is CC(=O)OCCC1CC[C@@H](OC(C)=O)[C@](C)(CCCC(C)C(=O)CC=C(C)C)OC1. The molecule has 1 heterocycles. The van der Waals surface area contributed by atoms with Crippen LogP contribution in [0.15, 0.2) is 11.6 Å². The van der Waals surface area contributed by atoms with Crippen LogP contribution in [0.3, 0.4) is 0 Å². The zero-order valence-electron chi connectivity index (χ0n) is 19.6. The highest BCUT2D eigenvalue weighted by molar-refractivity contribution is 5.82. The van der Waals surface area contributed by atoms with E-state index in [1.165, 1.54) is 13.8 Å². The van der Waals surface area contributed by atoms with Gasteiger partial charge in [0.05, 0.1) is 13.2 Å². The smallest absolute Gasteiger partial charge is 0.303 e. The van der Waals surface area contributed by atoms with Gasteiger partial charge in [0.1, 0.15) is 17.5 Å². The molecule has 0 spiro atoms. The fourth-order valence-electron chi connectivity index (χ4n) is 3.82. The van der Waals surface area contributed by atoms with Crippen molar-refractivity contribution < 1.29 is 28.6 Å². The van der Waals surface area contributed by atoms with Crippen LogP contribution in [-0.2, 0) is 28.6 Å². The second-order valence-electron chi connectivity index (χ2n) is 9.04. The minimum Gasteiger partial charge on any atom is -0.466 e. The molecule has 1 rings (SSSR count). The van der Waals surface area contributed by atoms with Crippen molar-refractivity contribution in [2.45, 2.75) is 98.2 Å². The molecular formula is C24H40O6. The van der Waals surface area contributed by atoms with E-state index >= 15 is 0 Å². The van der Waals surface area contributed by atoms with Crippen molar-refractivity contribution in [2.24, 2.45) is 11.8 Å². The van der Waals surface area contributed by atoms with E-state index in [1.807, 2.05) is 33.8 Å². The standard InChI is InChI=1S/C24H40O6/c1-17(2)9-11-22(27)18(3)8-7-14-24(6)23(30-20(5)26)12-10-21(16-29-24)13-15-28-19(4)25/h9,18,21,23H,7-8,10-16H2,1-6H3/t18?,21?,23-,24+/m1/s1. The van der Waals surface area contributed by atoms with E-state index in [0.29, 0.717) is 19.6 Å². The number of rotatable bonds is 11. The van der Waals surface area contributed by atoms with Gasteiger partial charge in [-0.25, -0.2) is 0 Å². The summed E-state index contributed by atoms with van der Waals surface area (Å²) in [5, 5.41) is 0. The molecule has 0 bridgehead atoms. The van der Waals surface area contributed by atoms with E-state index in [2.05, 4.69) is 0 Å². The zero-order chi connectivity index (χ0) is 22.7. The number of ether oxygens (including phenoxy) is 3. The van der Waals surface area contributed by atoms with Crippen LogP contribution < -0.4 is 0 Å². The van der Waals surface area contributed by atoms with Gasteiger partial charge in [-0.1, -0.05) is 18.6 Å². The second-order valence-corrected chi connectivity index (χ2v) is 9.04. The van der Waals surface area contributed by atoms with Gasteiger partial charge in [-0.3, -0.25) is 14.4 Å². The number of Topliss-reactive ketones (excluding diaryl/α,β-unsaturated/α-hetero) is 1. The molecule has 1 aliphatic heterocycles. The summed E-state index contributed by atoms with van der Waals surface area (Å²) in [7, 11) is 0. The Morgan fingerprint density at radius 2 is 1.83 bits per heavy atom. The molecule has 6 heteroatoms. The molecule has 1 saturated heterocycles. The average molecular weight is 425 g/mol. The molecule has 4 atom stereocenters. The predicted molar refractivity (Wildman–Crippen MR) is 116 cm³/mol. The molecule has 6 nitrogen and oxygen atoms in total. The Hall–Kier alpha value is -1.69. The van der Waals surface area contributed by atoms with E-state index in [1.54, 1.807) is 0 Å². The van der Waals surface area contributed by atoms with Crippen LogP contribution in [0, 0.1) is 11.8 Å². The van der Waals surface area contributed by atoms with Gasteiger partial charge in [-0.2, -0.15) is 0 Å². The Balaban J connectivity index is 2.65. The molecule has 0 amide bonds. The predicted octanol–water partition coefficient (Wildman–Crippen LogP) is 4.79. The lowest BCUT2D eigenvalue weighted by molar-refractivity contribution is -0.169. The maximum absolute atomic E-state index is 12.3. The summed E-state index contributed by atoms with van der Waals surface area (Å²) in [5.74, 6) is -0.0727. The molecule has 0 aliphatic carbocycles. The monoisotopic (exact) mass is 424 g/mol. The summed E-state index contributed by atoms with van der Waals surface area (Å²) in [4.78, 5) is 34.9. The van der Waals surface area contributed by atoms with Crippen LogP contribution in [0.5, 0.6) is 0 Å². The third-order valence-electron chi connectivity index (χ3n) is 5.88. The number of carbonyl (C=O) groups excluding carboxylic acids is 3. The van der Waals surface area contributed by atoms with Gasteiger partial charge >= 0.3 is 11.9 Å². The van der Waals surface area contributed by atoms with Gasteiger partial charge < -0.3 is 14.2 Å². The van der Waals surface area contributed by atoms with Crippen LogP contribution in [0.25, 0.3) is 0 Å². The Morgan fingerprint density at radius 3 is 2.43 bits per heavy atom. The Kier molecular flexibility index (Phi) is 11.3. The van der Waals surface area contributed by atoms with Gasteiger partial charge in [0.2, 0.25) is 0 Å². The Labute approximate surface area is 181 Å². The van der Waals surface area contributed by atoms with E-state index in [4.69, 9.17) is 14.2 Å². The van der Waals surface area contributed by atoms with Crippen molar-refractivity contribution in [1.29, 1.82) is 0 Å². The van der Waals surface area contributed by atoms with Crippen molar-refractivity contribution >= 4 is 17.7 Å². The zero-order valence-corrected chi connectivity index (χ0v) is 19.6. The Bertz CT molecular complexity index is 607. The van der Waals surface area contributed by atoms with Gasteiger partial charge in [-0.15, -0.1) is 0 Å². The molecule has 1 fully saturated rings. The largest absolute Gasteiger partial charge is 0.466 e. The first-order valence-corrected chi connectivity index (χ1v) is 11.1. The first kappa shape index (κ1) is 26.3. The topological polar surface area (TPSA) is 78.9 Å². The first-order valence-electron chi connectivity index (χ1n) is 11.1. The summed E-state index contributed by atoms with van der Waals surface area (Å²) in [6.07, 6.45) is 6.79. The lowest BCUT2D eigenvalue weighted by Crippen LogP contribution is -2.44.